The number of imidazole rings is 1. The zero-order valence-corrected chi connectivity index (χ0v) is 23.7. The molecular weight excluding hydrogens is 517 g/mol. The minimum absolute atomic E-state index is 0.314. The van der Waals surface area contributed by atoms with E-state index in [1.807, 2.05) is 24.3 Å². The number of H-pyrrole nitrogens is 1. The number of anilines is 2. The Morgan fingerprint density at radius 2 is 1.59 bits per heavy atom. The van der Waals surface area contributed by atoms with Crippen molar-refractivity contribution in [3.63, 3.8) is 0 Å². The van der Waals surface area contributed by atoms with Gasteiger partial charge in [-0.05, 0) is 75.5 Å². The molecule has 0 spiro atoms. The number of aromatic nitrogens is 2. The fourth-order valence-electron chi connectivity index (χ4n) is 5.48. The van der Waals surface area contributed by atoms with Gasteiger partial charge in [0.15, 0.2) is 0 Å². The minimum atomic E-state index is -0.467. The second-order valence-corrected chi connectivity index (χ2v) is 10.5. The zero-order valence-electron chi connectivity index (χ0n) is 23.7. The van der Waals surface area contributed by atoms with Crippen molar-refractivity contribution < 1.29 is 8.81 Å². The fourth-order valence-corrected chi connectivity index (χ4v) is 5.48. The van der Waals surface area contributed by atoms with E-state index < -0.39 is 5.63 Å². The summed E-state index contributed by atoms with van der Waals surface area (Å²) >= 11 is 0. The average molecular weight is 552 g/mol. The highest BCUT2D eigenvalue weighted by Crippen LogP contribution is 2.34. The SMILES string of the molecule is CCN(CC)c1ccc2cc(-c3nc(-c4ccc(N5CCN(C)CC5)cc4)c(-c4ccc(F)cc4)[nH]3)c(=O)oc2c1. The Bertz CT molecular complexity index is 1710. The number of likely N-dealkylation sites (N-methyl/N-ethyl adjacent to an activating group) is 1. The van der Waals surface area contributed by atoms with Crippen LogP contribution in [0.25, 0.3) is 44.9 Å². The summed E-state index contributed by atoms with van der Waals surface area (Å²) in [5, 5.41) is 0.813. The van der Waals surface area contributed by atoms with Crippen molar-refractivity contribution in [3.05, 3.63) is 89.0 Å². The largest absolute Gasteiger partial charge is 0.422 e. The molecule has 0 radical (unpaired) electrons. The quantitative estimate of drug-likeness (QED) is 0.241. The predicted molar refractivity (Wildman–Crippen MR) is 164 cm³/mol. The van der Waals surface area contributed by atoms with Crippen LogP contribution in [0.1, 0.15) is 13.8 Å². The molecule has 0 saturated carbocycles. The highest BCUT2D eigenvalue weighted by molar-refractivity contribution is 5.86. The maximum Gasteiger partial charge on any atom is 0.347 e. The summed E-state index contributed by atoms with van der Waals surface area (Å²) in [4.78, 5) is 28.4. The number of hydrogen-bond acceptors (Lipinski definition) is 6. The van der Waals surface area contributed by atoms with Crippen molar-refractivity contribution in [2.75, 3.05) is 56.1 Å². The molecule has 8 heteroatoms. The van der Waals surface area contributed by atoms with Crippen LogP contribution in [-0.4, -0.2) is 61.2 Å². The summed E-state index contributed by atoms with van der Waals surface area (Å²) in [6.07, 6.45) is 0. The van der Waals surface area contributed by atoms with E-state index in [1.54, 1.807) is 12.1 Å². The Hall–Kier alpha value is -4.43. The van der Waals surface area contributed by atoms with Crippen molar-refractivity contribution in [3.8, 4) is 33.9 Å². The van der Waals surface area contributed by atoms with E-state index in [0.29, 0.717) is 28.4 Å². The number of nitrogens with one attached hydrogen (secondary N) is 1. The van der Waals surface area contributed by atoms with Gasteiger partial charge in [-0.1, -0.05) is 12.1 Å². The maximum atomic E-state index is 13.8. The molecule has 0 aliphatic carbocycles. The van der Waals surface area contributed by atoms with Crippen molar-refractivity contribution in [2.24, 2.45) is 0 Å². The van der Waals surface area contributed by atoms with Crippen LogP contribution in [0.4, 0.5) is 15.8 Å². The Balaban J connectivity index is 1.41. The second-order valence-electron chi connectivity index (χ2n) is 10.5. The Morgan fingerprint density at radius 1 is 0.902 bits per heavy atom. The number of nitrogens with zero attached hydrogens (tertiary/aromatic N) is 4. The summed E-state index contributed by atoms with van der Waals surface area (Å²) in [6, 6.07) is 22.4. The van der Waals surface area contributed by atoms with E-state index in [9.17, 15) is 9.18 Å². The molecule has 1 fully saturated rings. The summed E-state index contributed by atoms with van der Waals surface area (Å²) in [5.74, 6) is 0.0942. The molecule has 3 aromatic carbocycles. The monoisotopic (exact) mass is 551 g/mol. The van der Waals surface area contributed by atoms with Crippen molar-refractivity contribution in [1.82, 2.24) is 14.9 Å². The molecule has 0 unspecified atom stereocenters. The topological polar surface area (TPSA) is 68.6 Å². The van der Waals surface area contributed by atoms with Gasteiger partial charge in [-0.25, -0.2) is 14.2 Å². The van der Waals surface area contributed by atoms with E-state index in [4.69, 9.17) is 9.40 Å². The number of benzene rings is 3. The van der Waals surface area contributed by atoms with E-state index in [0.717, 1.165) is 61.5 Å². The molecule has 41 heavy (non-hydrogen) atoms. The van der Waals surface area contributed by atoms with Crippen LogP contribution in [0.3, 0.4) is 0 Å². The smallest absolute Gasteiger partial charge is 0.347 e. The van der Waals surface area contributed by atoms with E-state index >= 15 is 0 Å². The van der Waals surface area contributed by atoms with Gasteiger partial charge in [0.25, 0.3) is 0 Å². The first kappa shape index (κ1) is 26.8. The standard InChI is InChI=1S/C33H34FN5O2/c1-4-38(5-2)27-15-10-24-20-28(33(40)41-29(24)21-27)32-35-30(22-6-11-25(34)12-7-22)31(36-32)23-8-13-26(14-9-23)39-18-16-37(3)17-19-39/h6-15,20-21H,4-5,16-19H2,1-3H3,(H,35,36). The number of halogens is 1. The predicted octanol–water partition coefficient (Wildman–Crippen LogP) is 6.25. The first-order valence-electron chi connectivity index (χ1n) is 14.2. The number of hydrogen-bond donors (Lipinski definition) is 1. The lowest BCUT2D eigenvalue weighted by Gasteiger charge is -2.34. The van der Waals surface area contributed by atoms with E-state index in [2.05, 4.69) is 64.8 Å². The molecule has 1 aliphatic rings. The van der Waals surface area contributed by atoms with Gasteiger partial charge in [-0.15, -0.1) is 0 Å². The molecule has 3 heterocycles. The van der Waals surface area contributed by atoms with Gasteiger partial charge in [0.05, 0.1) is 11.4 Å². The van der Waals surface area contributed by atoms with Crippen LogP contribution in [-0.2, 0) is 0 Å². The van der Waals surface area contributed by atoms with E-state index in [1.165, 1.54) is 17.8 Å². The molecule has 5 aromatic rings. The summed E-state index contributed by atoms with van der Waals surface area (Å²) < 4.78 is 19.6. The molecule has 1 N–H and O–H groups in total. The number of aromatic amines is 1. The van der Waals surface area contributed by atoms with Crippen LogP contribution in [0, 0.1) is 5.82 Å². The summed E-state index contributed by atoms with van der Waals surface area (Å²) in [7, 11) is 2.15. The molecule has 0 bridgehead atoms. The van der Waals surface area contributed by atoms with Gasteiger partial charge in [0.1, 0.15) is 22.8 Å². The Labute approximate surface area is 238 Å². The molecule has 210 valence electrons. The van der Waals surface area contributed by atoms with Crippen LogP contribution >= 0.6 is 0 Å². The molecule has 0 amide bonds. The van der Waals surface area contributed by atoms with Gasteiger partial charge in [0.2, 0.25) is 0 Å². The van der Waals surface area contributed by atoms with Crippen LogP contribution < -0.4 is 15.4 Å². The van der Waals surface area contributed by atoms with Crippen molar-refractivity contribution >= 4 is 22.3 Å². The van der Waals surface area contributed by atoms with Gasteiger partial charge in [-0.2, -0.15) is 0 Å². The third kappa shape index (κ3) is 5.35. The number of fused-ring (bicyclic) bond motifs is 1. The lowest BCUT2D eigenvalue weighted by molar-refractivity contribution is 0.313. The maximum absolute atomic E-state index is 13.8. The molecule has 7 nitrogen and oxygen atoms in total. The van der Waals surface area contributed by atoms with Crippen molar-refractivity contribution in [1.29, 1.82) is 0 Å². The number of rotatable bonds is 7. The summed E-state index contributed by atoms with van der Waals surface area (Å²) in [5.41, 5.74) is 5.67. The first-order valence-corrected chi connectivity index (χ1v) is 14.2. The van der Waals surface area contributed by atoms with E-state index in [-0.39, 0.29) is 5.82 Å². The van der Waals surface area contributed by atoms with Gasteiger partial charge in [-0.3, -0.25) is 0 Å². The van der Waals surface area contributed by atoms with Gasteiger partial charge in [0, 0.05) is 73.2 Å². The molecule has 0 atom stereocenters. The number of piperazine rings is 1. The van der Waals surface area contributed by atoms with Crippen LogP contribution in [0.5, 0.6) is 0 Å². The molecule has 6 rings (SSSR count). The fraction of sp³-hybridized carbons (Fsp3) is 0.273. The third-order valence-electron chi connectivity index (χ3n) is 7.95. The molecular formula is C33H34FN5O2. The molecule has 2 aromatic heterocycles. The molecule has 1 saturated heterocycles. The van der Waals surface area contributed by atoms with Gasteiger partial charge >= 0.3 is 5.63 Å². The second kappa shape index (κ2) is 11.2. The Kier molecular flexibility index (Phi) is 7.32. The highest BCUT2D eigenvalue weighted by atomic mass is 19.1. The normalized spacial score (nSPS) is 14.1. The van der Waals surface area contributed by atoms with Gasteiger partial charge < -0.3 is 24.1 Å². The van der Waals surface area contributed by atoms with Crippen LogP contribution in [0.2, 0.25) is 0 Å². The summed E-state index contributed by atoms with van der Waals surface area (Å²) in [6.45, 7) is 9.95. The minimum Gasteiger partial charge on any atom is -0.422 e. The molecule has 1 aliphatic heterocycles. The zero-order chi connectivity index (χ0) is 28.5. The van der Waals surface area contributed by atoms with Crippen LogP contribution in [0.15, 0.2) is 82.0 Å². The average Bonchev–Trinajstić information content (AvgIpc) is 3.43. The lowest BCUT2D eigenvalue weighted by atomic mass is 10.0. The van der Waals surface area contributed by atoms with Crippen molar-refractivity contribution in [2.45, 2.75) is 13.8 Å². The third-order valence-corrected chi connectivity index (χ3v) is 7.95. The Morgan fingerprint density at radius 3 is 2.27 bits per heavy atom. The highest BCUT2D eigenvalue weighted by Gasteiger charge is 2.20. The first-order chi connectivity index (χ1) is 19.9. The lowest BCUT2D eigenvalue weighted by Crippen LogP contribution is -2.44.